The number of ether oxygens (including phenoxy) is 1. The van der Waals surface area contributed by atoms with Gasteiger partial charge in [0.15, 0.2) is 0 Å². The van der Waals surface area contributed by atoms with Gasteiger partial charge in [-0.05, 0) is 35.9 Å². The number of hydrogen-bond donors (Lipinski definition) is 1. The number of hydrogen-bond acceptors (Lipinski definition) is 3. The largest absolute Gasteiger partial charge is 0.385 e. The SMILES string of the molecule is CC(O)(CC1OCCc2ccccc21)c1cccs1. The predicted molar refractivity (Wildman–Crippen MR) is 77.3 cm³/mol. The second-order valence-electron chi connectivity index (χ2n) is 5.26. The second kappa shape index (κ2) is 5.08. The molecule has 0 spiro atoms. The van der Waals surface area contributed by atoms with Crippen LogP contribution in [0, 0.1) is 0 Å². The Hall–Kier alpha value is -1.16. The molecule has 2 unspecified atom stereocenters. The fourth-order valence-corrected chi connectivity index (χ4v) is 3.49. The van der Waals surface area contributed by atoms with Gasteiger partial charge in [0, 0.05) is 11.3 Å². The smallest absolute Gasteiger partial charge is 0.0987 e. The average Bonchev–Trinajstić information content (AvgIpc) is 2.93. The van der Waals surface area contributed by atoms with Gasteiger partial charge in [0.1, 0.15) is 0 Å². The summed E-state index contributed by atoms with van der Waals surface area (Å²) in [5, 5.41) is 12.7. The van der Waals surface area contributed by atoms with Crippen LogP contribution < -0.4 is 0 Å². The van der Waals surface area contributed by atoms with E-state index in [0.29, 0.717) is 6.42 Å². The van der Waals surface area contributed by atoms with Gasteiger partial charge in [0.25, 0.3) is 0 Å². The zero-order valence-corrected chi connectivity index (χ0v) is 11.8. The molecule has 2 atom stereocenters. The quantitative estimate of drug-likeness (QED) is 0.925. The van der Waals surface area contributed by atoms with E-state index in [1.165, 1.54) is 11.1 Å². The van der Waals surface area contributed by atoms with Gasteiger partial charge in [-0.25, -0.2) is 0 Å². The number of aliphatic hydroxyl groups is 1. The summed E-state index contributed by atoms with van der Waals surface area (Å²) >= 11 is 1.59. The van der Waals surface area contributed by atoms with E-state index < -0.39 is 5.60 Å². The third-order valence-electron chi connectivity index (χ3n) is 3.73. The van der Waals surface area contributed by atoms with Crippen molar-refractivity contribution in [1.82, 2.24) is 0 Å². The summed E-state index contributed by atoms with van der Waals surface area (Å²) in [6, 6.07) is 12.3. The number of thiophene rings is 1. The molecule has 1 aliphatic heterocycles. The Balaban J connectivity index is 1.85. The maximum atomic E-state index is 10.7. The highest BCUT2D eigenvalue weighted by atomic mass is 32.1. The van der Waals surface area contributed by atoms with E-state index in [1.54, 1.807) is 11.3 Å². The lowest BCUT2D eigenvalue weighted by Crippen LogP contribution is -2.27. The lowest BCUT2D eigenvalue weighted by molar-refractivity contribution is -0.0381. The monoisotopic (exact) mass is 274 g/mol. The summed E-state index contributed by atoms with van der Waals surface area (Å²) in [5.74, 6) is 0. The van der Waals surface area contributed by atoms with Gasteiger partial charge < -0.3 is 9.84 Å². The van der Waals surface area contributed by atoms with Crippen LogP contribution >= 0.6 is 11.3 Å². The van der Waals surface area contributed by atoms with Gasteiger partial charge in [0.05, 0.1) is 18.3 Å². The maximum absolute atomic E-state index is 10.7. The molecule has 0 aliphatic carbocycles. The first-order chi connectivity index (χ1) is 9.17. The molecule has 0 fully saturated rings. The molecule has 2 heterocycles. The Morgan fingerprint density at radius 1 is 1.32 bits per heavy atom. The summed E-state index contributed by atoms with van der Waals surface area (Å²) in [7, 11) is 0. The Morgan fingerprint density at radius 2 is 2.16 bits per heavy atom. The van der Waals surface area contributed by atoms with Crippen LogP contribution in [0.25, 0.3) is 0 Å². The molecular formula is C16H18O2S. The highest BCUT2D eigenvalue weighted by Crippen LogP contribution is 2.38. The van der Waals surface area contributed by atoms with Crippen LogP contribution in [0.15, 0.2) is 41.8 Å². The molecule has 0 amide bonds. The van der Waals surface area contributed by atoms with E-state index in [4.69, 9.17) is 4.74 Å². The van der Waals surface area contributed by atoms with Crippen molar-refractivity contribution in [2.75, 3.05) is 6.61 Å². The molecule has 0 saturated carbocycles. The van der Waals surface area contributed by atoms with E-state index in [1.807, 2.05) is 30.5 Å². The fraction of sp³-hybridized carbons (Fsp3) is 0.375. The lowest BCUT2D eigenvalue weighted by Gasteiger charge is -2.32. The molecule has 0 saturated heterocycles. The van der Waals surface area contributed by atoms with Crippen molar-refractivity contribution in [3.8, 4) is 0 Å². The van der Waals surface area contributed by atoms with Crippen molar-refractivity contribution in [2.45, 2.75) is 31.5 Å². The first-order valence-corrected chi connectivity index (χ1v) is 7.50. The summed E-state index contributed by atoms with van der Waals surface area (Å²) in [6.07, 6.45) is 1.56. The van der Waals surface area contributed by atoms with Crippen molar-refractivity contribution in [3.05, 3.63) is 57.8 Å². The van der Waals surface area contributed by atoms with Crippen LogP contribution in [-0.4, -0.2) is 11.7 Å². The van der Waals surface area contributed by atoms with Crippen molar-refractivity contribution in [2.24, 2.45) is 0 Å². The molecule has 1 aromatic heterocycles. The molecule has 19 heavy (non-hydrogen) atoms. The van der Waals surface area contributed by atoms with Crippen LogP contribution in [0.1, 0.15) is 35.5 Å². The minimum absolute atomic E-state index is 0.0120. The first-order valence-electron chi connectivity index (χ1n) is 6.62. The van der Waals surface area contributed by atoms with Crippen LogP contribution in [0.3, 0.4) is 0 Å². The van der Waals surface area contributed by atoms with Crippen LogP contribution in [0.5, 0.6) is 0 Å². The third-order valence-corrected chi connectivity index (χ3v) is 4.85. The van der Waals surface area contributed by atoms with Crippen molar-refractivity contribution >= 4 is 11.3 Å². The zero-order chi connectivity index (χ0) is 13.3. The Labute approximate surface area is 117 Å². The molecule has 3 heteroatoms. The highest BCUT2D eigenvalue weighted by Gasteiger charge is 2.32. The second-order valence-corrected chi connectivity index (χ2v) is 6.21. The minimum Gasteiger partial charge on any atom is -0.385 e. The lowest BCUT2D eigenvalue weighted by atomic mass is 9.89. The van der Waals surface area contributed by atoms with Gasteiger partial charge >= 0.3 is 0 Å². The Morgan fingerprint density at radius 3 is 2.95 bits per heavy atom. The van der Waals surface area contributed by atoms with E-state index in [-0.39, 0.29) is 6.10 Å². The Kier molecular flexibility index (Phi) is 3.44. The molecule has 3 rings (SSSR count). The zero-order valence-electron chi connectivity index (χ0n) is 11.0. The van der Waals surface area contributed by atoms with Gasteiger partial charge in [-0.2, -0.15) is 0 Å². The van der Waals surface area contributed by atoms with Crippen LogP contribution in [-0.2, 0) is 16.8 Å². The van der Waals surface area contributed by atoms with E-state index in [9.17, 15) is 5.11 Å². The molecular weight excluding hydrogens is 256 g/mol. The number of benzene rings is 1. The maximum Gasteiger partial charge on any atom is 0.0987 e. The van der Waals surface area contributed by atoms with Gasteiger partial charge in [0.2, 0.25) is 0 Å². The third kappa shape index (κ3) is 2.59. The topological polar surface area (TPSA) is 29.5 Å². The van der Waals surface area contributed by atoms with Gasteiger partial charge in [-0.15, -0.1) is 11.3 Å². The standard InChI is InChI=1S/C16H18O2S/c1-16(17,15-7-4-10-19-15)11-14-13-6-3-2-5-12(13)8-9-18-14/h2-7,10,14,17H,8-9,11H2,1H3. The van der Waals surface area contributed by atoms with E-state index in [2.05, 4.69) is 18.2 Å². The molecule has 1 aromatic carbocycles. The van der Waals surface area contributed by atoms with E-state index in [0.717, 1.165) is 17.9 Å². The molecule has 100 valence electrons. The predicted octanol–water partition coefficient (Wildman–Crippen LogP) is 3.66. The number of rotatable bonds is 3. The first kappa shape index (κ1) is 12.9. The molecule has 2 nitrogen and oxygen atoms in total. The molecule has 0 radical (unpaired) electrons. The molecule has 1 aliphatic rings. The van der Waals surface area contributed by atoms with Crippen LogP contribution in [0.4, 0.5) is 0 Å². The van der Waals surface area contributed by atoms with Gasteiger partial charge in [-0.3, -0.25) is 0 Å². The normalized spacial score (nSPS) is 21.7. The summed E-state index contributed by atoms with van der Waals surface area (Å²) < 4.78 is 5.88. The van der Waals surface area contributed by atoms with E-state index >= 15 is 0 Å². The van der Waals surface area contributed by atoms with Crippen molar-refractivity contribution in [3.63, 3.8) is 0 Å². The number of fused-ring (bicyclic) bond motifs is 1. The summed E-state index contributed by atoms with van der Waals surface area (Å²) in [4.78, 5) is 0.999. The van der Waals surface area contributed by atoms with Gasteiger partial charge in [-0.1, -0.05) is 30.3 Å². The van der Waals surface area contributed by atoms with Crippen molar-refractivity contribution < 1.29 is 9.84 Å². The molecule has 2 aromatic rings. The fourth-order valence-electron chi connectivity index (χ4n) is 2.69. The van der Waals surface area contributed by atoms with Crippen LogP contribution in [0.2, 0.25) is 0 Å². The Bertz CT molecular complexity index is 546. The minimum atomic E-state index is -0.830. The summed E-state index contributed by atoms with van der Waals surface area (Å²) in [5.41, 5.74) is 1.75. The molecule has 0 bridgehead atoms. The average molecular weight is 274 g/mol. The highest BCUT2D eigenvalue weighted by molar-refractivity contribution is 7.10. The van der Waals surface area contributed by atoms with Crippen molar-refractivity contribution in [1.29, 1.82) is 0 Å². The molecule has 1 N–H and O–H groups in total. The summed E-state index contributed by atoms with van der Waals surface area (Å²) in [6.45, 7) is 2.61.